The molecule has 0 spiro atoms. The average Bonchev–Trinajstić information content (AvgIpc) is 3.25. The molecule has 2 aromatic rings. The van der Waals surface area contributed by atoms with E-state index in [1.807, 2.05) is 61.5 Å². The first-order valence-electron chi connectivity index (χ1n) is 11.0. The van der Waals surface area contributed by atoms with E-state index in [4.69, 9.17) is 11.6 Å². The lowest BCUT2D eigenvalue weighted by atomic mass is 10.0. The summed E-state index contributed by atoms with van der Waals surface area (Å²) in [7, 11) is 0. The van der Waals surface area contributed by atoms with Crippen molar-refractivity contribution in [2.45, 2.75) is 70.5 Å². The number of hydrogen-bond donors (Lipinski definition) is 1. The van der Waals surface area contributed by atoms with E-state index >= 15 is 0 Å². The average molecular weight is 427 g/mol. The Morgan fingerprint density at radius 1 is 1.07 bits per heavy atom. The minimum absolute atomic E-state index is 0.0140. The Morgan fingerprint density at radius 3 is 2.40 bits per heavy atom. The van der Waals surface area contributed by atoms with Gasteiger partial charge in [-0.05, 0) is 36.5 Å². The van der Waals surface area contributed by atoms with Gasteiger partial charge in [0, 0.05) is 30.5 Å². The molecule has 0 bridgehead atoms. The molecule has 1 atom stereocenters. The van der Waals surface area contributed by atoms with Crippen LogP contribution in [0.3, 0.4) is 0 Å². The number of rotatable bonds is 9. The van der Waals surface area contributed by atoms with Crippen LogP contribution in [-0.4, -0.2) is 28.8 Å². The van der Waals surface area contributed by atoms with Gasteiger partial charge in [0.1, 0.15) is 6.04 Å². The Kier molecular flexibility index (Phi) is 8.32. The smallest absolute Gasteiger partial charge is 0.243 e. The number of nitrogens with zero attached hydrogens (tertiary/aromatic N) is 1. The van der Waals surface area contributed by atoms with Crippen LogP contribution in [0.4, 0.5) is 0 Å². The SMILES string of the molecule is CCCC(=O)N(Cc1ccccc1Cl)C(Cc1ccccc1)C(=O)NC1CCCC1. The molecule has 30 heavy (non-hydrogen) atoms. The van der Waals surface area contributed by atoms with Crippen molar-refractivity contribution in [2.24, 2.45) is 0 Å². The standard InChI is InChI=1S/C25H31ClN2O2/c1-2-10-24(29)28(18-20-13-6-9-16-22(20)26)23(17-19-11-4-3-5-12-19)25(30)27-21-14-7-8-15-21/h3-6,9,11-13,16,21,23H,2,7-8,10,14-15,17-18H2,1H3,(H,27,30). The number of carbonyl (C=O) groups excluding carboxylic acids is 2. The fourth-order valence-corrected chi connectivity index (χ4v) is 4.28. The topological polar surface area (TPSA) is 49.4 Å². The van der Waals surface area contributed by atoms with E-state index in [2.05, 4.69) is 5.32 Å². The van der Waals surface area contributed by atoms with Gasteiger partial charge in [0.15, 0.2) is 0 Å². The lowest BCUT2D eigenvalue weighted by molar-refractivity contribution is -0.141. The number of nitrogens with one attached hydrogen (secondary N) is 1. The molecule has 5 heteroatoms. The van der Waals surface area contributed by atoms with Crippen LogP contribution in [0.25, 0.3) is 0 Å². The molecule has 4 nitrogen and oxygen atoms in total. The molecule has 1 aliphatic carbocycles. The Balaban J connectivity index is 1.90. The zero-order valence-corrected chi connectivity index (χ0v) is 18.4. The summed E-state index contributed by atoms with van der Waals surface area (Å²) in [5.74, 6) is -0.0813. The number of halogens is 1. The molecule has 0 aliphatic heterocycles. The van der Waals surface area contributed by atoms with Gasteiger partial charge in [-0.25, -0.2) is 0 Å². The fourth-order valence-electron chi connectivity index (χ4n) is 4.09. The van der Waals surface area contributed by atoms with Gasteiger partial charge in [0.25, 0.3) is 0 Å². The van der Waals surface area contributed by atoms with Gasteiger partial charge in [-0.2, -0.15) is 0 Å². The van der Waals surface area contributed by atoms with Gasteiger partial charge in [-0.1, -0.05) is 79.9 Å². The van der Waals surface area contributed by atoms with E-state index in [1.54, 1.807) is 4.90 Å². The minimum Gasteiger partial charge on any atom is -0.352 e. The fraction of sp³-hybridized carbons (Fsp3) is 0.440. The van der Waals surface area contributed by atoms with E-state index in [1.165, 1.54) is 0 Å². The predicted octanol–water partition coefficient (Wildman–Crippen LogP) is 5.14. The first kappa shape index (κ1) is 22.4. The number of hydrogen-bond acceptors (Lipinski definition) is 2. The summed E-state index contributed by atoms with van der Waals surface area (Å²) in [6.07, 6.45) is 5.94. The van der Waals surface area contributed by atoms with E-state index in [0.29, 0.717) is 24.4 Å². The zero-order valence-electron chi connectivity index (χ0n) is 17.6. The monoisotopic (exact) mass is 426 g/mol. The largest absolute Gasteiger partial charge is 0.352 e. The third-order valence-corrected chi connectivity index (χ3v) is 6.10. The molecule has 1 unspecified atom stereocenters. The van der Waals surface area contributed by atoms with Gasteiger partial charge in [0.05, 0.1) is 0 Å². The van der Waals surface area contributed by atoms with Crippen LogP contribution in [0.1, 0.15) is 56.6 Å². The highest BCUT2D eigenvalue weighted by molar-refractivity contribution is 6.31. The molecule has 1 N–H and O–H groups in total. The van der Waals surface area contributed by atoms with Crippen molar-refractivity contribution in [3.05, 3.63) is 70.7 Å². The number of benzene rings is 2. The molecule has 1 fully saturated rings. The molecule has 1 aliphatic rings. The zero-order chi connectivity index (χ0) is 21.3. The highest BCUT2D eigenvalue weighted by Gasteiger charge is 2.32. The van der Waals surface area contributed by atoms with Crippen molar-refractivity contribution in [3.63, 3.8) is 0 Å². The summed E-state index contributed by atoms with van der Waals surface area (Å²) >= 11 is 6.39. The second kappa shape index (κ2) is 11.2. The van der Waals surface area contributed by atoms with E-state index in [-0.39, 0.29) is 17.9 Å². The van der Waals surface area contributed by atoms with Crippen LogP contribution in [-0.2, 0) is 22.6 Å². The molecule has 160 valence electrons. The van der Waals surface area contributed by atoms with Gasteiger partial charge in [-0.15, -0.1) is 0 Å². The van der Waals surface area contributed by atoms with Crippen LogP contribution in [0.15, 0.2) is 54.6 Å². The predicted molar refractivity (Wildman–Crippen MR) is 121 cm³/mol. The summed E-state index contributed by atoms with van der Waals surface area (Å²) in [5, 5.41) is 3.82. The van der Waals surface area contributed by atoms with E-state index < -0.39 is 6.04 Å². The highest BCUT2D eigenvalue weighted by atomic mass is 35.5. The first-order valence-corrected chi connectivity index (χ1v) is 11.3. The van der Waals surface area contributed by atoms with Crippen LogP contribution in [0.2, 0.25) is 5.02 Å². The lowest BCUT2D eigenvalue weighted by Crippen LogP contribution is -2.52. The summed E-state index contributed by atoms with van der Waals surface area (Å²) in [6, 6.07) is 17.1. The third kappa shape index (κ3) is 6.09. The second-order valence-electron chi connectivity index (χ2n) is 8.06. The van der Waals surface area contributed by atoms with Gasteiger partial charge in [-0.3, -0.25) is 9.59 Å². The van der Waals surface area contributed by atoms with Crippen LogP contribution in [0, 0.1) is 0 Å². The van der Waals surface area contributed by atoms with Crippen molar-refractivity contribution in [2.75, 3.05) is 0 Å². The first-order chi connectivity index (χ1) is 14.6. The molecule has 3 rings (SSSR count). The highest BCUT2D eigenvalue weighted by Crippen LogP contribution is 2.23. The normalized spacial score (nSPS) is 15.0. The summed E-state index contributed by atoms with van der Waals surface area (Å²) in [5.41, 5.74) is 1.90. The molecule has 0 radical (unpaired) electrons. The Bertz CT molecular complexity index is 834. The lowest BCUT2D eigenvalue weighted by Gasteiger charge is -2.32. The van der Waals surface area contributed by atoms with Crippen LogP contribution < -0.4 is 5.32 Å². The van der Waals surface area contributed by atoms with Crippen LogP contribution in [0.5, 0.6) is 0 Å². The molecule has 0 heterocycles. The summed E-state index contributed by atoms with van der Waals surface area (Å²) < 4.78 is 0. The second-order valence-corrected chi connectivity index (χ2v) is 8.47. The van der Waals surface area contributed by atoms with Crippen molar-refractivity contribution < 1.29 is 9.59 Å². The Morgan fingerprint density at radius 2 is 1.73 bits per heavy atom. The molecular weight excluding hydrogens is 396 g/mol. The minimum atomic E-state index is -0.566. The molecule has 0 aromatic heterocycles. The Hall–Kier alpha value is -2.33. The van der Waals surface area contributed by atoms with Gasteiger partial charge in [0.2, 0.25) is 11.8 Å². The Labute approximate surface area is 184 Å². The molecule has 0 saturated heterocycles. The third-order valence-electron chi connectivity index (χ3n) is 5.74. The van der Waals surface area contributed by atoms with Crippen molar-refractivity contribution in [1.82, 2.24) is 10.2 Å². The maximum absolute atomic E-state index is 13.4. The van der Waals surface area contributed by atoms with E-state index in [9.17, 15) is 9.59 Å². The number of carbonyl (C=O) groups is 2. The van der Waals surface area contributed by atoms with Crippen molar-refractivity contribution in [1.29, 1.82) is 0 Å². The van der Waals surface area contributed by atoms with Gasteiger partial charge < -0.3 is 10.2 Å². The van der Waals surface area contributed by atoms with Gasteiger partial charge >= 0.3 is 0 Å². The summed E-state index contributed by atoms with van der Waals surface area (Å²) in [4.78, 5) is 28.3. The molecule has 2 aromatic carbocycles. The van der Waals surface area contributed by atoms with Crippen LogP contribution >= 0.6 is 11.6 Å². The van der Waals surface area contributed by atoms with Crippen molar-refractivity contribution in [3.8, 4) is 0 Å². The maximum atomic E-state index is 13.4. The molecule has 2 amide bonds. The number of amides is 2. The summed E-state index contributed by atoms with van der Waals surface area (Å²) in [6.45, 7) is 2.31. The quantitative estimate of drug-likeness (QED) is 0.603. The van der Waals surface area contributed by atoms with Crippen molar-refractivity contribution >= 4 is 23.4 Å². The molecular formula is C25H31ClN2O2. The molecule has 1 saturated carbocycles. The maximum Gasteiger partial charge on any atom is 0.243 e. The van der Waals surface area contributed by atoms with E-state index in [0.717, 1.165) is 43.2 Å².